The number of aliphatic carboxylic acids is 1. The summed E-state index contributed by atoms with van der Waals surface area (Å²) >= 11 is 2.48. The number of thioether (sulfide) groups is 1. The molecule has 0 aliphatic carbocycles. The van der Waals surface area contributed by atoms with Crippen molar-refractivity contribution in [2.24, 2.45) is 5.16 Å². The maximum Gasteiger partial charge on any atom is 0.352 e. The zero-order valence-electron chi connectivity index (χ0n) is 20.5. The second-order valence-corrected chi connectivity index (χ2v) is 10.7. The number of fused-ring (bicyclic) bond motifs is 2. The third kappa shape index (κ3) is 4.49. The number of nitrogens with zero attached hydrogens (tertiary/aromatic N) is 6. The third-order valence-electron chi connectivity index (χ3n) is 6.44. The van der Waals surface area contributed by atoms with Crippen molar-refractivity contribution in [2.45, 2.75) is 30.9 Å². The molecule has 5 rings (SSSR count). The van der Waals surface area contributed by atoms with Gasteiger partial charge in [-0.05, 0) is 6.42 Å². The highest BCUT2D eigenvalue weighted by atomic mass is 32.2. The number of hydrogen-bond acceptors (Lipinski definition) is 10. The predicted molar refractivity (Wildman–Crippen MR) is 138 cm³/mol. The number of hydrogen-bond donors (Lipinski definition) is 3. The molecule has 3 N–H and O–H groups in total. The molecule has 2 atom stereocenters. The zero-order chi connectivity index (χ0) is 27.0. The summed E-state index contributed by atoms with van der Waals surface area (Å²) in [5, 5.41) is 20.0. The highest BCUT2D eigenvalue weighted by Gasteiger charge is 2.55. The van der Waals surface area contributed by atoms with E-state index in [1.807, 2.05) is 24.0 Å². The van der Waals surface area contributed by atoms with Crippen LogP contribution in [0, 0.1) is 0 Å². The van der Waals surface area contributed by atoms with Gasteiger partial charge in [-0.3, -0.25) is 19.3 Å². The van der Waals surface area contributed by atoms with E-state index in [4.69, 9.17) is 4.84 Å². The Labute approximate surface area is 224 Å². The SMILES string of the molecule is CON=C(C(=O)N[C@@H]1C(=O)N2C(C(=O)O)=C(C[n+]3ccc4n3CCCN4C)CS[C@H]12)c1csc(NC=O)n1. The molecule has 3 aliphatic heterocycles. The van der Waals surface area contributed by atoms with Gasteiger partial charge in [0, 0.05) is 30.3 Å². The Balaban J connectivity index is 1.34. The zero-order valence-corrected chi connectivity index (χ0v) is 22.1. The smallest absolute Gasteiger partial charge is 0.352 e. The van der Waals surface area contributed by atoms with Crippen molar-refractivity contribution >= 4 is 64.0 Å². The van der Waals surface area contributed by atoms with Crippen molar-refractivity contribution in [1.82, 2.24) is 19.9 Å². The summed E-state index contributed by atoms with van der Waals surface area (Å²) in [6.45, 7) is 2.11. The number of rotatable bonds is 9. The molecule has 3 amide bonds. The van der Waals surface area contributed by atoms with Crippen molar-refractivity contribution in [3.63, 3.8) is 0 Å². The second-order valence-electron chi connectivity index (χ2n) is 8.71. The standard InChI is InChI=1S/C22H24N8O6S2/c1-27-5-3-6-29-14(27)4-7-28(29)8-12-9-37-20-16(19(33)30(20)17(12)21(34)35)25-18(32)15(26-36-2)13-10-38-22(24-13)23-11-31/h4,7,10-11,16,20H,3,5-6,8-9H2,1-2H3,(H2-,23,24,25,31,32,34,35)/p+1/t16-,20-/m1/s1. The van der Waals surface area contributed by atoms with Gasteiger partial charge in [0.2, 0.25) is 6.41 Å². The predicted octanol–water partition coefficient (Wildman–Crippen LogP) is -0.570. The Bertz CT molecular complexity index is 1370. The topological polar surface area (TPSA) is 162 Å². The van der Waals surface area contributed by atoms with Gasteiger partial charge < -0.3 is 25.5 Å². The van der Waals surface area contributed by atoms with Crippen molar-refractivity contribution in [3.8, 4) is 0 Å². The molecule has 200 valence electrons. The van der Waals surface area contributed by atoms with Crippen molar-refractivity contribution in [1.29, 1.82) is 0 Å². The van der Waals surface area contributed by atoms with E-state index in [0.717, 1.165) is 36.7 Å². The quantitative estimate of drug-likeness (QED) is 0.120. The van der Waals surface area contributed by atoms with Crippen LogP contribution in [0.2, 0.25) is 0 Å². The molecular weight excluding hydrogens is 536 g/mol. The first-order valence-electron chi connectivity index (χ1n) is 11.6. The van der Waals surface area contributed by atoms with E-state index in [0.29, 0.717) is 24.3 Å². The molecule has 0 spiro atoms. The number of carbonyl (C=O) groups excluding carboxylic acids is 3. The number of aromatic nitrogens is 3. The molecule has 0 bridgehead atoms. The first-order valence-corrected chi connectivity index (χ1v) is 13.5. The highest BCUT2D eigenvalue weighted by molar-refractivity contribution is 8.00. The fourth-order valence-electron chi connectivity index (χ4n) is 4.73. The lowest BCUT2D eigenvalue weighted by atomic mass is 10.0. The van der Waals surface area contributed by atoms with Crippen LogP contribution in [0.15, 0.2) is 34.1 Å². The second kappa shape index (κ2) is 10.4. The molecule has 0 radical (unpaired) electrons. The molecule has 38 heavy (non-hydrogen) atoms. The average Bonchev–Trinajstić information content (AvgIpc) is 3.53. The number of oxime groups is 1. The number of carbonyl (C=O) groups is 4. The van der Waals surface area contributed by atoms with Crippen LogP contribution in [0.5, 0.6) is 0 Å². The summed E-state index contributed by atoms with van der Waals surface area (Å²) in [6, 6.07) is 1.05. The number of anilines is 2. The summed E-state index contributed by atoms with van der Waals surface area (Å²) < 4.78 is 4.08. The fraction of sp³-hybridized carbons (Fsp3) is 0.409. The lowest BCUT2D eigenvalue weighted by Crippen LogP contribution is -2.71. The van der Waals surface area contributed by atoms with Gasteiger partial charge >= 0.3 is 5.97 Å². The van der Waals surface area contributed by atoms with Crippen LogP contribution in [0.1, 0.15) is 12.1 Å². The molecule has 1 fully saturated rings. The van der Waals surface area contributed by atoms with Crippen molar-refractivity contribution in [2.75, 3.05) is 36.7 Å². The maximum absolute atomic E-state index is 13.1. The molecule has 0 unspecified atom stereocenters. The molecule has 1 saturated heterocycles. The average molecular weight is 562 g/mol. The first-order chi connectivity index (χ1) is 18.3. The van der Waals surface area contributed by atoms with Crippen LogP contribution in [0.4, 0.5) is 10.9 Å². The number of carboxylic acid groups (broad SMARTS) is 1. The lowest BCUT2D eigenvalue weighted by Gasteiger charge is -2.49. The Morgan fingerprint density at radius 3 is 2.95 bits per heavy atom. The van der Waals surface area contributed by atoms with Gasteiger partial charge in [0.05, 0.1) is 12.6 Å². The van der Waals surface area contributed by atoms with E-state index >= 15 is 0 Å². The van der Waals surface area contributed by atoms with Gasteiger partial charge in [0.25, 0.3) is 11.8 Å². The Hall–Kier alpha value is -3.92. The van der Waals surface area contributed by atoms with E-state index in [-0.39, 0.29) is 22.2 Å². The molecule has 0 aromatic carbocycles. The Morgan fingerprint density at radius 1 is 1.39 bits per heavy atom. The minimum absolute atomic E-state index is 0.0497. The summed E-state index contributed by atoms with van der Waals surface area (Å²) in [6.07, 6.45) is 3.37. The van der Waals surface area contributed by atoms with Gasteiger partial charge in [-0.2, -0.15) is 0 Å². The molecular formula is C22H25N8O6S2+. The molecule has 0 saturated carbocycles. The van der Waals surface area contributed by atoms with Crippen LogP contribution in [-0.2, 0) is 37.1 Å². The molecule has 2 aromatic rings. The van der Waals surface area contributed by atoms with Gasteiger partial charge in [0.15, 0.2) is 29.4 Å². The minimum atomic E-state index is -1.19. The Morgan fingerprint density at radius 2 is 2.21 bits per heavy atom. The summed E-state index contributed by atoms with van der Waals surface area (Å²) in [5.41, 5.74) is 0.552. The number of carboxylic acids is 1. The Kier molecular flexibility index (Phi) is 7.07. The number of amides is 3. The van der Waals surface area contributed by atoms with Crippen molar-refractivity contribution in [3.05, 3.63) is 34.6 Å². The lowest BCUT2D eigenvalue weighted by molar-refractivity contribution is -0.768. The molecule has 2 aromatic heterocycles. The van der Waals surface area contributed by atoms with Crippen LogP contribution >= 0.6 is 23.1 Å². The van der Waals surface area contributed by atoms with Crippen LogP contribution in [-0.4, -0.2) is 87.4 Å². The van der Waals surface area contributed by atoms with E-state index in [1.165, 1.54) is 29.2 Å². The minimum Gasteiger partial charge on any atom is -0.477 e. The first kappa shape index (κ1) is 25.7. The normalized spacial score (nSPS) is 20.9. The van der Waals surface area contributed by atoms with Gasteiger partial charge in [-0.15, -0.1) is 32.5 Å². The molecule has 14 nitrogen and oxygen atoms in total. The highest BCUT2D eigenvalue weighted by Crippen LogP contribution is 2.40. The number of thiazole rings is 1. The largest absolute Gasteiger partial charge is 0.477 e. The summed E-state index contributed by atoms with van der Waals surface area (Å²) in [4.78, 5) is 61.4. The summed E-state index contributed by atoms with van der Waals surface area (Å²) in [7, 11) is 3.28. The van der Waals surface area contributed by atoms with Crippen LogP contribution in [0.25, 0.3) is 0 Å². The number of β-lactam (4-membered cyclic amide) rings is 1. The van der Waals surface area contributed by atoms with Gasteiger partial charge in [0.1, 0.15) is 29.9 Å². The maximum atomic E-state index is 13.1. The fourth-order valence-corrected chi connectivity index (χ4v) is 6.72. The van der Waals surface area contributed by atoms with Crippen LogP contribution < -0.4 is 20.2 Å². The third-order valence-corrected chi connectivity index (χ3v) is 8.55. The molecule has 16 heteroatoms. The van der Waals surface area contributed by atoms with E-state index in [9.17, 15) is 24.3 Å². The van der Waals surface area contributed by atoms with E-state index in [2.05, 4.69) is 30.4 Å². The van der Waals surface area contributed by atoms with Gasteiger partial charge in [-0.25, -0.2) is 9.78 Å². The number of nitrogens with one attached hydrogen (secondary N) is 2. The van der Waals surface area contributed by atoms with E-state index < -0.39 is 29.2 Å². The van der Waals surface area contributed by atoms with Crippen LogP contribution in [0.3, 0.4) is 0 Å². The summed E-state index contributed by atoms with van der Waals surface area (Å²) in [5.74, 6) is -0.978. The molecule has 3 aliphatic rings. The van der Waals surface area contributed by atoms with Gasteiger partial charge in [-0.1, -0.05) is 5.16 Å². The van der Waals surface area contributed by atoms with Crippen molar-refractivity contribution < 1.29 is 33.8 Å². The monoisotopic (exact) mass is 561 g/mol. The van der Waals surface area contributed by atoms with E-state index in [1.54, 1.807) is 0 Å². The molecule has 5 heterocycles.